The number of benzene rings is 3. The predicted octanol–water partition coefficient (Wildman–Crippen LogP) is 4.08. The van der Waals surface area contributed by atoms with Gasteiger partial charge in [-0.3, -0.25) is 19.2 Å². The molecule has 0 heterocycles. The highest BCUT2D eigenvalue weighted by Gasteiger charge is 2.29. The monoisotopic (exact) mass is 503 g/mol. The summed E-state index contributed by atoms with van der Waals surface area (Å²) < 4.78 is 33.0. The number of non-ortho nitro benzene ring substituents is 1. The molecule has 11 heteroatoms. The molecule has 1 amide bonds. The highest BCUT2D eigenvalue weighted by molar-refractivity contribution is 7.92. The van der Waals surface area contributed by atoms with E-state index >= 15 is 0 Å². The summed E-state index contributed by atoms with van der Waals surface area (Å²) in [5.41, 5.74) is 1.25. The molecule has 0 saturated carbocycles. The number of ether oxygens (including phenoxy) is 1. The first-order valence-electron chi connectivity index (χ1n) is 10.1. The molecule has 3 rings (SSSR count). The lowest BCUT2D eigenvalue weighted by Crippen LogP contribution is -2.41. The lowest BCUT2D eigenvalue weighted by atomic mass is 10.2. The van der Waals surface area contributed by atoms with Crippen molar-refractivity contribution in [3.8, 4) is 5.75 Å². The topological polar surface area (TPSA) is 119 Å². The number of carbonyl (C=O) groups is 1. The number of hydrogen-bond donors (Lipinski definition) is 1. The minimum Gasteiger partial charge on any atom is -0.497 e. The lowest BCUT2D eigenvalue weighted by molar-refractivity contribution is -0.384. The van der Waals surface area contributed by atoms with Crippen LogP contribution >= 0.6 is 11.6 Å². The van der Waals surface area contributed by atoms with E-state index in [1.54, 1.807) is 56.5 Å². The average Bonchev–Trinajstić information content (AvgIpc) is 2.83. The molecule has 0 radical (unpaired) electrons. The fraction of sp³-hybridized carbons (Fsp3) is 0.174. The van der Waals surface area contributed by atoms with Crippen molar-refractivity contribution >= 4 is 38.9 Å². The third-order valence-electron chi connectivity index (χ3n) is 5.08. The van der Waals surface area contributed by atoms with E-state index in [-0.39, 0.29) is 22.8 Å². The van der Waals surface area contributed by atoms with Gasteiger partial charge in [-0.05, 0) is 54.4 Å². The summed E-state index contributed by atoms with van der Waals surface area (Å²) in [5, 5.41) is 14.0. The number of methoxy groups -OCH3 is 1. The van der Waals surface area contributed by atoms with Crippen molar-refractivity contribution in [2.24, 2.45) is 0 Å². The first-order chi connectivity index (χ1) is 16.1. The molecule has 0 atom stereocenters. The highest BCUT2D eigenvalue weighted by atomic mass is 35.5. The summed E-state index contributed by atoms with van der Waals surface area (Å²) in [6, 6.07) is 16.3. The Kier molecular flexibility index (Phi) is 7.75. The molecule has 1 N–H and O–H groups in total. The highest BCUT2D eigenvalue weighted by Crippen LogP contribution is 2.31. The minimum atomic E-state index is -4.25. The standard InChI is InChI=1S/C23H22ClN3O6S/c1-16-21(24)4-3-5-22(16)26(34(31,32)20-12-8-18(9-13-20)27(29)30)15-23(28)25-14-17-6-10-19(33-2)11-7-17/h3-13H,14-15H2,1-2H3,(H,25,28). The van der Waals surface area contributed by atoms with Gasteiger partial charge in [0.05, 0.1) is 22.6 Å². The summed E-state index contributed by atoms with van der Waals surface area (Å²) in [7, 11) is -2.70. The van der Waals surface area contributed by atoms with E-state index in [0.29, 0.717) is 16.3 Å². The van der Waals surface area contributed by atoms with E-state index in [1.807, 2.05) is 0 Å². The van der Waals surface area contributed by atoms with Gasteiger partial charge in [-0.15, -0.1) is 0 Å². The third-order valence-corrected chi connectivity index (χ3v) is 7.26. The van der Waals surface area contributed by atoms with Crippen LogP contribution in [0.3, 0.4) is 0 Å². The van der Waals surface area contributed by atoms with Crippen LogP contribution < -0.4 is 14.4 Å². The van der Waals surface area contributed by atoms with Gasteiger partial charge in [-0.25, -0.2) is 8.42 Å². The van der Waals surface area contributed by atoms with Crippen molar-refractivity contribution in [2.75, 3.05) is 18.0 Å². The molecule has 0 aliphatic carbocycles. The van der Waals surface area contributed by atoms with E-state index in [4.69, 9.17) is 16.3 Å². The smallest absolute Gasteiger partial charge is 0.269 e. The van der Waals surface area contributed by atoms with Crippen LogP contribution in [0, 0.1) is 17.0 Å². The van der Waals surface area contributed by atoms with Gasteiger partial charge in [0.2, 0.25) is 5.91 Å². The number of carbonyl (C=O) groups excluding carboxylic acids is 1. The molecule has 178 valence electrons. The number of nitrogens with zero attached hydrogens (tertiary/aromatic N) is 2. The van der Waals surface area contributed by atoms with Crippen LogP contribution in [0.2, 0.25) is 5.02 Å². The summed E-state index contributed by atoms with van der Waals surface area (Å²) in [4.78, 5) is 22.9. The zero-order valence-corrected chi connectivity index (χ0v) is 20.0. The zero-order chi connectivity index (χ0) is 24.9. The molecular formula is C23H22ClN3O6S. The molecular weight excluding hydrogens is 482 g/mol. The molecule has 0 fully saturated rings. The maximum atomic E-state index is 13.5. The van der Waals surface area contributed by atoms with Crippen LogP contribution in [0.25, 0.3) is 0 Å². The Morgan fingerprint density at radius 2 is 1.74 bits per heavy atom. The van der Waals surface area contributed by atoms with Crippen molar-refractivity contribution < 1.29 is 22.9 Å². The SMILES string of the molecule is COc1ccc(CNC(=O)CN(c2cccc(Cl)c2C)S(=O)(=O)c2ccc([N+](=O)[O-])cc2)cc1. The number of nitro groups is 1. The Balaban J connectivity index is 1.89. The second-order valence-corrected chi connectivity index (χ2v) is 9.54. The van der Waals surface area contributed by atoms with Gasteiger partial charge in [-0.2, -0.15) is 0 Å². The number of anilines is 1. The molecule has 0 bridgehead atoms. The Bertz CT molecular complexity index is 1300. The lowest BCUT2D eigenvalue weighted by Gasteiger charge is -2.26. The minimum absolute atomic E-state index is 0.183. The number of hydrogen-bond acceptors (Lipinski definition) is 6. The maximum Gasteiger partial charge on any atom is 0.269 e. The fourth-order valence-electron chi connectivity index (χ4n) is 3.16. The van der Waals surface area contributed by atoms with Gasteiger partial charge in [0.1, 0.15) is 12.3 Å². The number of halogens is 1. The summed E-state index contributed by atoms with van der Waals surface area (Å²) in [5.74, 6) is 0.132. The average molecular weight is 504 g/mol. The van der Waals surface area contributed by atoms with E-state index in [1.165, 1.54) is 0 Å². The van der Waals surface area contributed by atoms with Crippen LogP contribution in [0.5, 0.6) is 5.75 Å². The summed E-state index contributed by atoms with van der Waals surface area (Å²) in [6.45, 7) is 1.31. The molecule has 9 nitrogen and oxygen atoms in total. The Morgan fingerprint density at radius 3 is 2.32 bits per heavy atom. The van der Waals surface area contributed by atoms with Gasteiger partial charge in [0.15, 0.2) is 0 Å². The quantitative estimate of drug-likeness (QED) is 0.347. The van der Waals surface area contributed by atoms with Crippen molar-refractivity contribution in [3.05, 3.63) is 93.0 Å². The predicted molar refractivity (Wildman–Crippen MR) is 129 cm³/mol. The number of nitrogens with one attached hydrogen (secondary N) is 1. The second kappa shape index (κ2) is 10.5. The normalized spacial score (nSPS) is 11.0. The van der Waals surface area contributed by atoms with Gasteiger partial charge >= 0.3 is 0 Å². The van der Waals surface area contributed by atoms with E-state index in [0.717, 1.165) is 34.1 Å². The van der Waals surface area contributed by atoms with Crippen LogP contribution in [0.1, 0.15) is 11.1 Å². The Labute approximate surface area is 202 Å². The van der Waals surface area contributed by atoms with Crippen molar-refractivity contribution in [3.63, 3.8) is 0 Å². The molecule has 3 aromatic carbocycles. The van der Waals surface area contributed by atoms with Crippen LogP contribution in [0.4, 0.5) is 11.4 Å². The fourth-order valence-corrected chi connectivity index (χ4v) is 4.81. The first-order valence-corrected chi connectivity index (χ1v) is 11.9. The van der Waals surface area contributed by atoms with Crippen molar-refractivity contribution in [2.45, 2.75) is 18.4 Å². The van der Waals surface area contributed by atoms with Gasteiger partial charge in [0.25, 0.3) is 15.7 Å². The Morgan fingerprint density at radius 1 is 1.09 bits per heavy atom. The van der Waals surface area contributed by atoms with Crippen LogP contribution in [-0.2, 0) is 21.4 Å². The molecule has 0 saturated heterocycles. The molecule has 34 heavy (non-hydrogen) atoms. The third kappa shape index (κ3) is 5.64. The molecule has 0 aliphatic heterocycles. The first kappa shape index (κ1) is 25.0. The molecule has 0 aliphatic rings. The molecule has 3 aromatic rings. The Hall–Kier alpha value is -3.63. The summed E-state index contributed by atoms with van der Waals surface area (Å²) >= 11 is 6.20. The number of nitro benzene ring substituents is 1. The molecule has 0 spiro atoms. The van der Waals surface area contributed by atoms with E-state index < -0.39 is 27.4 Å². The van der Waals surface area contributed by atoms with Gasteiger partial charge in [0, 0.05) is 23.7 Å². The van der Waals surface area contributed by atoms with E-state index in [9.17, 15) is 23.3 Å². The number of rotatable bonds is 9. The second-order valence-electron chi connectivity index (χ2n) is 7.27. The van der Waals surface area contributed by atoms with Crippen LogP contribution in [0.15, 0.2) is 71.6 Å². The van der Waals surface area contributed by atoms with Gasteiger partial charge < -0.3 is 10.1 Å². The maximum absolute atomic E-state index is 13.5. The molecule has 0 unspecified atom stereocenters. The largest absolute Gasteiger partial charge is 0.497 e. The van der Waals surface area contributed by atoms with Crippen molar-refractivity contribution in [1.29, 1.82) is 0 Å². The number of sulfonamides is 1. The van der Waals surface area contributed by atoms with Crippen LogP contribution in [-0.4, -0.2) is 32.9 Å². The zero-order valence-electron chi connectivity index (χ0n) is 18.4. The number of amides is 1. The molecule has 0 aromatic heterocycles. The van der Waals surface area contributed by atoms with Gasteiger partial charge in [-0.1, -0.05) is 29.8 Å². The van der Waals surface area contributed by atoms with Crippen molar-refractivity contribution in [1.82, 2.24) is 5.32 Å². The summed E-state index contributed by atoms with van der Waals surface area (Å²) in [6.07, 6.45) is 0. The van der Waals surface area contributed by atoms with E-state index in [2.05, 4.69) is 5.32 Å².